The van der Waals surface area contributed by atoms with Gasteiger partial charge in [0.1, 0.15) is 11.5 Å². The van der Waals surface area contributed by atoms with Gasteiger partial charge < -0.3 is 9.15 Å². The van der Waals surface area contributed by atoms with Crippen LogP contribution in [0, 0.1) is 0 Å². The SMILES string of the molecule is CCS(=O)(=O)c1ccc(C(=O)N(Cc2ccco2)c2nc3ccc(OC)cc3s2)cc1. The minimum Gasteiger partial charge on any atom is -0.497 e. The first kappa shape index (κ1) is 21.1. The van der Waals surface area contributed by atoms with Crippen molar-refractivity contribution < 1.29 is 22.4 Å². The fraction of sp³-hybridized carbons (Fsp3) is 0.182. The maximum absolute atomic E-state index is 13.4. The molecule has 2 aromatic carbocycles. The number of sulfone groups is 1. The highest BCUT2D eigenvalue weighted by Crippen LogP contribution is 2.33. The van der Waals surface area contributed by atoms with Crippen molar-refractivity contribution >= 4 is 42.4 Å². The average molecular weight is 457 g/mol. The number of hydrogen-bond acceptors (Lipinski definition) is 7. The molecule has 2 heterocycles. The fourth-order valence-corrected chi connectivity index (χ4v) is 4.92. The van der Waals surface area contributed by atoms with Crippen LogP contribution in [0.15, 0.2) is 70.2 Å². The number of fused-ring (bicyclic) bond motifs is 1. The summed E-state index contributed by atoms with van der Waals surface area (Å²) < 4.78 is 35.8. The Morgan fingerprint density at radius 3 is 2.58 bits per heavy atom. The van der Waals surface area contributed by atoms with Gasteiger partial charge in [0, 0.05) is 5.56 Å². The van der Waals surface area contributed by atoms with Gasteiger partial charge in [-0.2, -0.15) is 0 Å². The molecule has 0 N–H and O–H groups in total. The summed E-state index contributed by atoms with van der Waals surface area (Å²) in [7, 11) is -1.74. The van der Waals surface area contributed by atoms with Crippen molar-refractivity contribution in [1.82, 2.24) is 4.98 Å². The zero-order valence-electron chi connectivity index (χ0n) is 16.9. The lowest BCUT2D eigenvalue weighted by Crippen LogP contribution is -2.30. The van der Waals surface area contributed by atoms with Crippen molar-refractivity contribution in [2.45, 2.75) is 18.4 Å². The fourth-order valence-electron chi connectivity index (χ4n) is 3.05. The Labute approximate surface area is 183 Å². The van der Waals surface area contributed by atoms with E-state index in [9.17, 15) is 13.2 Å². The summed E-state index contributed by atoms with van der Waals surface area (Å²) in [6, 6.07) is 15.0. The summed E-state index contributed by atoms with van der Waals surface area (Å²) in [6.45, 7) is 1.78. The lowest BCUT2D eigenvalue weighted by atomic mass is 10.2. The van der Waals surface area contributed by atoms with Crippen LogP contribution in [0.1, 0.15) is 23.0 Å². The third-order valence-electron chi connectivity index (χ3n) is 4.79. The predicted octanol–water partition coefficient (Wildman–Crippen LogP) is 4.54. The molecule has 2 aromatic heterocycles. The van der Waals surface area contributed by atoms with Gasteiger partial charge in [-0.3, -0.25) is 9.69 Å². The highest BCUT2D eigenvalue weighted by atomic mass is 32.2. The summed E-state index contributed by atoms with van der Waals surface area (Å²) >= 11 is 1.37. The van der Waals surface area contributed by atoms with E-state index < -0.39 is 9.84 Å². The number of ether oxygens (including phenoxy) is 1. The molecule has 0 unspecified atom stereocenters. The van der Waals surface area contributed by atoms with Gasteiger partial charge in [-0.25, -0.2) is 13.4 Å². The number of benzene rings is 2. The molecule has 1 amide bonds. The number of carbonyl (C=O) groups is 1. The number of hydrogen-bond donors (Lipinski definition) is 0. The van der Waals surface area contributed by atoms with Crippen LogP contribution in [0.2, 0.25) is 0 Å². The third kappa shape index (κ3) is 4.33. The number of thiazole rings is 1. The second kappa shape index (κ2) is 8.52. The Bertz CT molecular complexity index is 1310. The number of carbonyl (C=O) groups excluding carboxylic acids is 1. The Balaban J connectivity index is 1.72. The molecular formula is C22H20N2O5S2. The molecule has 31 heavy (non-hydrogen) atoms. The molecule has 4 aromatic rings. The molecule has 0 saturated heterocycles. The van der Waals surface area contributed by atoms with Crippen LogP contribution >= 0.6 is 11.3 Å². The number of methoxy groups -OCH3 is 1. The molecule has 0 aliphatic heterocycles. The maximum Gasteiger partial charge on any atom is 0.260 e. The van der Waals surface area contributed by atoms with E-state index >= 15 is 0 Å². The number of nitrogens with zero attached hydrogens (tertiary/aromatic N) is 2. The number of aromatic nitrogens is 1. The normalized spacial score (nSPS) is 11.5. The van der Waals surface area contributed by atoms with E-state index in [4.69, 9.17) is 9.15 Å². The minimum absolute atomic E-state index is 0.0000780. The van der Waals surface area contributed by atoms with Crippen LogP contribution in [0.5, 0.6) is 5.75 Å². The first-order chi connectivity index (χ1) is 14.9. The van der Waals surface area contributed by atoms with E-state index in [1.807, 2.05) is 18.2 Å². The molecule has 0 aliphatic carbocycles. The zero-order valence-corrected chi connectivity index (χ0v) is 18.6. The van der Waals surface area contributed by atoms with Gasteiger partial charge in [-0.15, -0.1) is 0 Å². The standard InChI is InChI=1S/C22H20N2O5S2/c1-3-31(26,27)18-9-6-15(7-10-18)21(25)24(14-17-5-4-12-29-17)22-23-19-11-8-16(28-2)13-20(19)30-22/h4-13H,3,14H2,1-2H3. The summed E-state index contributed by atoms with van der Waals surface area (Å²) in [5, 5.41) is 0.509. The molecule has 160 valence electrons. The minimum atomic E-state index is -3.34. The summed E-state index contributed by atoms with van der Waals surface area (Å²) in [5.41, 5.74) is 1.11. The highest BCUT2D eigenvalue weighted by molar-refractivity contribution is 7.91. The highest BCUT2D eigenvalue weighted by Gasteiger charge is 2.23. The smallest absolute Gasteiger partial charge is 0.260 e. The van der Waals surface area contributed by atoms with Crippen LogP contribution in [-0.2, 0) is 16.4 Å². The van der Waals surface area contributed by atoms with Crippen molar-refractivity contribution in [3.8, 4) is 5.75 Å². The van der Waals surface area contributed by atoms with E-state index in [1.54, 1.807) is 32.4 Å². The van der Waals surface area contributed by atoms with Gasteiger partial charge in [0.2, 0.25) is 0 Å². The first-order valence-corrected chi connectivity index (χ1v) is 12.0. The Kier molecular flexibility index (Phi) is 5.79. The van der Waals surface area contributed by atoms with Crippen LogP contribution in [-0.4, -0.2) is 32.2 Å². The molecule has 0 aliphatic rings. The Hall–Kier alpha value is -3.17. The third-order valence-corrected chi connectivity index (χ3v) is 7.59. The van der Waals surface area contributed by atoms with E-state index in [-0.39, 0.29) is 23.1 Å². The summed E-state index contributed by atoms with van der Waals surface area (Å²) in [5.74, 6) is 1.01. The van der Waals surface area contributed by atoms with E-state index in [1.165, 1.54) is 40.5 Å². The van der Waals surface area contributed by atoms with Crippen LogP contribution in [0.3, 0.4) is 0 Å². The number of furan rings is 1. The molecule has 0 atom stereocenters. The number of amides is 1. The molecule has 0 saturated carbocycles. The Morgan fingerprint density at radius 2 is 1.94 bits per heavy atom. The zero-order chi connectivity index (χ0) is 22.0. The summed E-state index contributed by atoms with van der Waals surface area (Å²) in [4.78, 5) is 19.7. The van der Waals surface area contributed by atoms with Gasteiger partial charge in [0.25, 0.3) is 5.91 Å². The number of rotatable bonds is 7. The largest absolute Gasteiger partial charge is 0.497 e. The summed E-state index contributed by atoms with van der Waals surface area (Å²) in [6.07, 6.45) is 1.55. The van der Waals surface area contributed by atoms with E-state index in [0.29, 0.717) is 22.2 Å². The van der Waals surface area contributed by atoms with E-state index in [2.05, 4.69) is 4.98 Å². The molecule has 0 spiro atoms. The molecule has 9 heteroatoms. The van der Waals surface area contributed by atoms with Crippen LogP contribution in [0.25, 0.3) is 10.2 Å². The lowest BCUT2D eigenvalue weighted by molar-refractivity contribution is 0.0983. The lowest BCUT2D eigenvalue weighted by Gasteiger charge is -2.19. The van der Waals surface area contributed by atoms with Crippen LogP contribution in [0.4, 0.5) is 5.13 Å². The number of anilines is 1. The van der Waals surface area contributed by atoms with E-state index in [0.717, 1.165) is 10.2 Å². The van der Waals surface area contributed by atoms with Gasteiger partial charge in [-0.05, 0) is 54.6 Å². The second-order valence-corrected chi connectivity index (χ2v) is 10.0. The quantitative estimate of drug-likeness (QED) is 0.406. The average Bonchev–Trinajstić information content (AvgIpc) is 3.46. The second-order valence-electron chi connectivity index (χ2n) is 6.73. The van der Waals surface area contributed by atoms with Gasteiger partial charge >= 0.3 is 0 Å². The van der Waals surface area contributed by atoms with Crippen molar-refractivity contribution in [2.75, 3.05) is 17.8 Å². The van der Waals surface area contributed by atoms with Gasteiger partial charge in [0.15, 0.2) is 15.0 Å². The molecule has 0 fully saturated rings. The maximum atomic E-state index is 13.4. The van der Waals surface area contributed by atoms with Gasteiger partial charge in [-0.1, -0.05) is 18.3 Å². The molecular weight excluding hydrogens is 436 g/mol. The topological polar surface area (TPSA) is 89.7 Å². The van der Waals surface area contributed by atoms with Crippen molar-refractivity contribution in [1.29, 1.82) is 0 Å². The first-order valence-electron chi connectivity index (χ1n) is 9.53. The molecule has 4 rings (SSSR count). The monoisotopic (exact) mass is 456 g/mol. The van der Waals surface area contributed by atoms with Gasteiger partial charge in [0.05, 0.1) is 40.8 Å². The Morgan fingerprint density at radius 1 is 1.16 bits per heavy atom. The van der Waals surface area contributed by atoms with Crippen molar-refractivity contribution in [2.24, 2.45) is 0 Å². The van der Waals surface area contributed by atoms with Crippen molar-refractivity contribution in [3.63, 3.8) is 0 Å². The molecule has 0 bridgehead atoms. The van der Waals surface area contributed by atoms with Crippen molar-refractivity contribution in [3.05, 3.63) is 72.2 Å². The predicted molar refractivity (Wildman–Crippen MR) is 120 cm³/mol. The van der Waals surface area contributed by atoms with Crippen LogP contribution < -0.4 is 9.64 Å². The molecule has 0 radical (unpaired) electrons. The molecule has 7 nitrogen and oxygen atoms in total.